The highest BCUT2D eigenvalue weighted by atomic mass is 32.2. The van der Waals surface area contributed by atoms with Gasteiger partial charge in [-0.05, 0) is 41.3 Å². The van der Waals surface area contributed by atoms with E-state index >= 15 is 0 Å². The first-order chi connectivity index (χ1) is 16.0. The zero-order chi connectivity index (χ0) is 22.8. The fraction of sp³-hybridized carbons (Fsp3) is 0. The molecule has 0 saturated carbocycles. The first-order valence-electron chi connectivity index (χ1n) is 9.69. The van der Waals surface area contributed by atoms with Crippen LogP contribution in [-0.4, -0.2) is 23.5 Å². The van der Waals surface area contributed by atoms with E-state index < -0.39 is 14.9 Å². The number of para-hydroxylation sites is 2. The first-order valence-corrected chi connectivity index (χ1v) is 12.0. The fourth-order valence-corrected chi connectivity index (χ4v) is 5.53. The number of hydrogen-bond acceptors (Lipinski definition) is 9. The van der Waals surface area contributed by atoms with Gasteiger partial charge in [0.05, 0.1) is 15.6 Å². The van der Waals surface area contributed by atoms with Crippen LogP contribution in [0.1, 0.15) is 0 Å². The Morgan fingerprint density at radius 1 is 0.879 bits per heavy atom. The van der Waals surface area contributed by atoms with Gasteiger partial charge in [0.1, 0.15) is 5.82 Å². The molecular formula is C22H15N5O4S2. The minimum Gasteiger partial charge on any atom is -0.358 e. The molecule has 0 saturated heterocycles. The van der Waals surface area contributed by atoms with Crippen molar-refractivity contribution in [1.29, 1.82) is 0 Å². The van der Waals surface area contributed by atoms with Gasteiger partial charge < -0.3 is 10.5 Å². The maximum atomic E-state index is 13.1. The van der Waals surface area contributed by atoms with Gasteiger partial charge in [-0.1, -0.05) is 48.5 Å². The van der Waals surface area contributed by atoms with E-state index in [0.717, 1.165) is 22.8 Å². The molecule has 2 heterocycles. The van der Waals surface area contributed by atoms with Crippen LogP contribution in [0, 0.1) is 5.21 Å². The van der Waals surface area contributed by atoms with Crippen LogP contribution < -0.4 is 10.2 Å². The number of hydrogen-bond donors (Lipinski definition) is 1. The van der Waals surface area contributed by atoms with Gasteiger partial charge in [-0.25, -0.2) is 18.4 Å². The van der Waals surface area contributed by atoms with Gasteiger partial charge in [-0.2, -0.15) is 0 Å². The monoisotopic (exact) mass is 477 g/mol. The van der Waals surface area contributed by atoms with E-state index in [1.807, 2.05) is 54.6 Å². The molecule has 0 spiro atoms. The van der Waals surface area contributed by atoms with Crippen LogP contribution in [0.4, 0.5) is 11.5 Å². The van der Waals surface area contributed by atoms with Gasteiger partial charge in [0, 0.05) is 22.8 Å². The van der Waals surface area contributed by atoms with Crippen molar-refractivity contribution in [3.05, 3.63) is 90.1 Å². The second-order valence-corrected chi connectivity index (χ2v) is 9.64. The number of aromatic nitrogens is 4. The smallest absolute Gasteiger partial charge is 0.328 e. The number of nitrogens with one attached hydrogen (secondary N) is 1. The topological polar surface area (TPSA) is 125 Å². The Labute approximate surface area is 192 Å². The number of sulfone groups is 1. The molecule has 0 radical (unpaired) electrons. The van der Waals surface area contributed by atoms with E-state index in [1.54, 1.807) is 18.2 Å². The Bertz CT molecular complexity index is 1540. The Balaban J connectivity index is 1.57. The molecule has 0 amide bonds. The predicted molar refractivity (Wildman–Crippen MR) is 121 cm³/mol. The average Bonchev–Trinajstić information content (AvgIpc) is 3.21. The quantitative estimate of drug-likeness (QED) is 0.285. The number of nitrogens with zero attached hydrogens (tertiary/aromatic N) is 4. The highest BCUT2D eigenvalue weighted by Crippen LogP contribution is 2.33. The lowest BCUT2D eigenvalue weighted by atomic mass is 10.2. The maximum Gasteiger partial charge on any atom is 0.328 e. The predicted octanol–water partition coefficient (Wildman–Crippen LogP) is 3.98. The molecule has 0 fully saturated rings. The molecule has 5 rings (SSSR count). The molecule has 0 bridgehead atoms. The highest BCUT2D eigenvalue weighted by molar-refractivity contribution is 8.00. The van der Waals surface area contributed by atoms with E-state index in [4.69, 9.17) is 0 Å². The second-order valence-electron chi connectivity index (χ2n) is 6.82. The molecule has 1 N–H and O–H groups in total. The lowest BCUT2D eigenvalue weighted by Gasteiger charge is -2.10. The summed E-state index contributed by atoms with van der Waals surface area (Å²) >= 11 is 0.829. The third kappa shape index (κ3) is 4.11. The molecule has 9 nitrogen and oxygen atoms in total. The van der Waals surface area contributed by atoms with Crippen molar-refractivity contribution in [3.8, 4) is 0 Å². The minimum atomic E-state index is -4.18. The van der Waals surface area contributed by atoms with Crippen LogP contribution in [-0.2, 0) is 9.84 Å². The molecule has 3 aromatic carbocycles. The minimum absolute atomic E-state index is 0.0505. The van der Waals surface area contributed by atoms with E-state index in [1.165, 1.54) is 12.1 Å². The summed E-state index contributed by atoms with van der Waals surface area (Å²) in [5, 5.41) is 19.3. The van der Waals surface area contributed by atoms with Gasteiger partial charge in [0.25, 0.3) is 9.84 Å². The summed E-state index contributed by atoms with van der Waals surface area (Å²) in [5.74, 6) is 0.528. The normalized spacial score (nSPS) is 11.5. The van der Waals surface area contributed by atoms with E-state index in [9.17, 15) is 13.6 Å². The van der Waals surface area contributed by atoms with Gasteiger partial charge in [-0.3, -0.25) is 4.63 Å². The molecule has 2 aromatic heterocycles. The van der Waals surface area contributed by atoms with Crippen molar-refractivity contribution in [2.24, 2.45) is 0 Å². The van der Waals surface area contributed by atoms with Crippen molar-refractivity contribution in [3.63, 3.8) is 0 Å². The second kappa shape index (κ2) is 8.52. The van der Waals surface area contributed by atoms with Crippen LogP contribution in [0.2, 0.25) is 0 Å². The van der Waals surface area contributed by atoms with Gasteiger partial charge in [0.15, 0.2) is 5.16 Å². The van der Waals surface area contributed by atoms with Crippen molar-refractivity contribution in [2.45, 2.75) is 20.1 Å². The maximum absolute atomic E-state index is 13.1. The zero-order valence-corrected chi connectivity index (χ0v) is 18.5. The van der Waals surface area contributed by atoms with Crippen LogP contribution in [0.3, 0.4) is 0 Å². The van der Waals surface area contributed by atoms with Gasteiger partial charge >= 0.3 is 10.1 Å². The lowest BCUT2D eigenvalue weighted by molar-refractivity contribution is -0.832. The Morgan fingerprint density at radius 2 is 1.55 bits per heavy atom. The third-order valence-corrected chi connectivity index (χ3v) is 7.36. The Hall–Kier alpha value is -3.96. The third-order valence-electron chi connectivity index (χ3n) is 4.66. The summed E-state index contributed by atoms with van der Waals surface area (Å²) in [6.45, 7) is 0. The van der Waals surface area contributed by atoms with Crippen molar-refractivity contribution in [1.82, 2.24) is 15.1 Å². The molecular weight excluding hydrogens is 462 g/mol. The molecule has 5 aromatic rings. The number of rotatable bonds is 6. The summed E-state index contributed by atoms with van der Waals surface area (Å²) < 4.78 is 30.7. The number of fused-ring (bicyclic) bond motifs is 1. The number of benzene rings is 3. The average molecular weight is 478 g/mol. The molecule has 0 unspecified atom stereocenters. The molecule has 0 aliphatic heterocycles. The van der Waals surface area contributed by atoms with Crippen molar-refractivity contribution < 1.29 is 17.9 Å². The number of anilines is 2. The molecule has 11 heteroatoms. The van der Waals surface area contributed by atoms with Crippen molar-refractivity contribution >= 4 is 44.0 Å². The zero-order valence-electron chi connectivity index (χ0n) is 16.8. The van der Waals surface area contributed by atoms with Crippen molar-refractivity contribution in [2.75, 3.05) is 5.32 Å². The Morgan fingerprint density at radius 3 is 2.30 bits per heavy atom. The highest BCUT2D eigenvalue weighted by Gasteiger charge is 2.35. The summed E-state index contributed by atoms with van der Waals surface area (Å²) in [7, 11) is -4.18. The molecule has 0 aliphatic rings. The van der Waals surface area contributed by atoms with Crippen LogP contribution in [0.25, 0.3) is 10.9 Å². The SMILES string of the molecule is O=S(=O)(c1ccccc1)c1c(Sc2nc(Nc3ccccc3)c3ccccc3n2)no[n+]1[O-]. The standard InChI is InChI=1S/C22H15N5O4S2/c28-27-21(33(29,30)16-11-5-2-6-12-16)20(26-31-27)32-22-24-18-14-8-7-13-17(18)19(25-22)23-15-9-3-1-4-10-15/h1-14H,(H,23,24,25). The van der Waals surface area contributed by atoms with E-state index in [2.05, 4.69) is 25.1 Å². The Kier molecular flexibility index (Phi) is 5.40. The molecule has 33 heavy (non-hydrogen) atoms. The summed E-state index contributed by atoms with van der Waals surface area (Å²) in [6.07, 6.45) is 0. The fourth-order valence-electron chi connectivity index (χ4n) is 3.16. The van der Waals surface area contributed by atoms with Gasteiger partial charge in [0.2, 0.25) is 0 Å². The molecule has 164 valence electrons. The first kappa shape index (κ1) is 20.9. The summed E-state index contributed by atoms with van der Waals surface area (Å²) in [4.78, 5) is 8.88. The lowest BCUT2D eigenvalue weighted by Crippen LogP contribution is -2.30. The van der Waals surface area contributed by atoms with Crippen LogP contribution in [0.15, 0.2) is 110 Å². The summed E-state index contributed by atoms with van der Waals surface area (Å²) in [5.41, 5.74) is 1.46. The molecule has 0 atom stereocenters. The largest absolute Gasteiger partial charge is 0.358 e. The van der Waals surface area contributed by atoms with Crippen LogP contribution >= 0.6 is 11.8 Å². The van der Waals surface area contributed by atoms with Crippen LogP contribution in [0.5, 0.6) is 0 Å². The summed E-state index contributed by atoms with van der Waals surface area (Å²) in [6, 6.07) is 24.5. The molecule has 0 aliphatic carbocycles. The van der Waals surface area contributed by atoms with E-state index in [0.29, 0.717) is 11.3 Å². The van der Waals surface area contributed by atoms with E-state index in [-0.39, 0.29) is 20.0 Å². The van der Waals surface area contributed by atoms with Gasteiger partial charge in [-0.15, -0.1) is 0 Å².